The van der Waals surface area contributed by atoms with Gasteiger partial charge >= 0.3 is 6.61 Å². The third-order valence-electron chi connectivity index (χ3n) is 4.50. The van der Waals surface area contributed by atoms with Crippen LogP contribution in [0.2, 0.25) is 5.02 Å². The number of hydrogen-bond acceptors (Lipinski definition) is 4. The number of nitrogens with zero attached hydrogens (tertiary/aromatic N) is 2. The number of halogens is 4. The van der Waals surface area contributed by atoms with Gasteiger partial charge in [-0.25, -0.2) is 9.37 Å². The molecular formula is C20H19ClF3N3O2. The minimum Gasteiger partial charge on any atom is -0.382 e. The highest BCUT2D eigenvalue weighted by Gasteiger charge is 2.13. The predicted octanol–water partition coefficient (Wildman–Crippen LogP) is 4.85. The van der Waals surface area contributed by atoms with Crippen molar-refractivity contribution in [3.8, 4) is 11.3 Å². The zero-order chi connectivity index (χ0) is 21.0. The lowest BCUT2D eigenvalue weighted by Crippen LogP contribution is -2.19. The Kier molecular flexibility index (Phi) is 6.76. The van der Waals surface area contributed by atoms with Crippen molar-refractivity contribution in [1.29, 1.82) is 0 Å². The maximum atomic E-state index is 14.7. The van der Waals surface area contributed by atoms with E-state index in [2.05, 4.69) is 9.72 Å². The van der Waals surface area contributed by atoms with E-state index in [1.54, 1.807) is 24.4 Å². The third-order valence-corrected chi connectivity index (χ3v) is 4.82. The Hall–Kier alpha value is -2.58. The molecule has 9 heteroatoms. The molecule has 154 valence electrons. The van der Waals surface area contributed by atoms with E-state index in [1.165, 1.54) is 16.7 Å². The van der Waals surface area contributed by atoms with Gasteiger partial charge in [0.2, 0.25) is 0 Å². The molecule has 2 aromatic heterocycles. The summed E-state index contributed by atoms with van der Waals surface area (Å²) >= 11 is 5.86. The van der Waals surface area contributed by atoms with Crippen molar-refractivity contribution in [2.24, 2.45) is 0 Å². The molecule has 0 saturated carbocycles. The fourth-order valence-corrected chi connectivity index (χ4v) is 3.12. The van der Waals surface area contributed by atoms with E-state index in [9.17, 15) is 18.0 Å². The lowest BCUT2D eigenvalue weighted by Gasteiger charge is -2.10. The smallest absolute Gasteiger partial charge is 0.345 e. The van der Waals surface area contributed by atoms with Crippen molar-refractivity contribution in [3.05, 3.63) is 57.7 Å². The normalized spacial score (nSPS) is 11.5. The summed E-state index contributed by atoms with van der Waals surface area (Å²) in [5, 5.41) is 1.10. The summed E-state index contributed by atoms with van der Waals surface area (Å²) in [6, 6.07) is 7.55. The van der Waals surface area contributed by atoms with Crippen LogP contribution in [0.5, 0.6) is 0 Å². The summed E-state index contributed by atoms with van der Waals surface area (Å²) in [5.74, 6) is -0.497. The monoisotopic (exact) mass is 425 g/mol. The Morgan fingerprint density at radius 1 is 1.17 bits per heavy atom. The van der Waals surface area contributed by atoms with Gasteiger partial charge in [0.1, 0.15) is 11.6 Å². The molecule has 29 heavy (non-hydrogen) atoms. The molecule has 0 bridgehead atoms. The lowest BCUT2D eigenvalue weighted by atomic mass is 10.0. The number of benzene rings is 1. The van der Waals surface area contributed by atoms with Gasteiger partial charge in [0.05, 0.1) is 22.7 Å². The molecule has 0 aliphatic rings. The number of nitrogens with two attached hydrogens (primary N) is 1. The average Bonchev–Trinajstić information content (AvgIpc) is 2.68. The molecule has 3 aromatic rings. The number of fused-ring (bicyclic) bond motifs is 1. The molecule has 0 unspecified atom stereocenters. The van der Waals surface area contributed by atoms with E-state index in [-0.39, 0.29) is 34.0 Å². The minimum atomic E-state index is -2.77. The third kappa shape index (κ3) is 5.07. The van der Waals surface area contributed by atoms with Crippen molar-refractivity contribution in [1.82, 2.24) is 9.55 Å². The summed E-state index contributed by atoms with van der Waals surface area (Å²) in [6.45, 7) is -2.39. The molecule has 2 N–H and O–H groups in total. The van der Waals surface area contributed by atoms with Crippen molar-refractivity contribution in [2.75, 3.05) is 12.3 Å². The van der Waals surface area contributed by atoms with Gasteiger partial charge in [-0.1, -0.05) is 11.6 Å². The van der Waals surface area contributed by atoms with Crippen LogP contribution in [-0.4, -0.2) is 22.8 Å². The number of rotatable bonds is 8. The zero-order valence-corrected chi connectivity index (χ0v) is 16.1. The minimum absolute atomic E-state index is 0.0263. The maximum absolute atomic E-state index is 14.7. The molecule has 0 amide bonds. The first kappa shape index (κ1) is 21.1. The van der Waals surface area contributed by atoms with E-state index in [4.69, 9.17) is 17.3 Å². The standard InChI is InChI=1S/C20H19ClF3N3O2/c21-15-4-5-17(26-18(15)25)14-10-12-6-8-27(19(28)13(12)11-16(14)22)7-2-1-3-9-29-20(23)24/h4-6,8,10-11,20H,1-3,7,9H2,(H2,25,26). The largest absolute Gasteiger partial charge is 0.382 e. The van der Waals surface area contributed by atoms with Crippen LogP contribution in [-0.2, 0) is 11.3 Å². The van der Waals surface area contributed by atoms with Crippen LogP contribution < -0.4 is 11.3 Å². The number of hydrogen-bond donors (Lipinski definition) is 1. The van der Waals surface area contributed by atoms with Crippen molar-refractivity contribution < 1.29 is 17.9 Å². The molecule has 3 rings (SSSR count). The van der Waals surface area contributed by atoms with Crippen LogP contribution in [0.1, 0.15) is 19.3 Å². The molecule has 0 fully saturated rings. The molecule has 0 radical (unpaired) electrons. The van der Waals surface area contributed by atoms with Crippen LogP contribution in [0.15, 0.2) is 41.3 Å². The van der Waals surface area contributed by atoms with E-state index in [0.29, 0.717) is 36.9 Å². The first-order valence-corrected chi connectivity index (χ1v) is 9.39. The number of aryl methyl sites for hydroxylation is 1. The van der Waals surface area contributed by atoms with Crippen LogP contribution >= 0.6 is 11.6 Å². The Morgan fingerprint density at radius 3 is 2.69 bits per heavy atom. The SMILES string of the molecule is Nc1nc(-c2cc3ccn(CCCCCOC(F)F)c(=O)c3cc2F)ccc1Cl. The molecule has 0 aliphatic carbocycles. The van der Waals surface area contributed by atoms with Gasteiger partial charge in [-0.05, 0) is 55.0 Å². The summed E-state index contributed by atoms with van der Waals surface area (Å²) in [6.07, 6.45) is 3.36. The predicted molar refractivity (Wildman–Crippen MR) is 107 cm³/mol. The molecule has 1 aromatic carbocycles. The van der Waals surface area contributed by atoms with Crippen molar-refractivity contribution >= 4 is 28.2 Å². The number of unbranched alkanes of at least 4 members (excludes halogenated alkanes) is 2. The molecular weight excluding hydrogens is 407 g/mol. The first-order chi connectivity index (χ1) is 13.9. The maximum Gasteiger partial charge on any atom is 0.345 e. The Morgan fingerprint density at radius 2 is 1.97 bits per heavy atom. The topological polar surface area (TPSA) is 70.1 Å². The van der Waals surface area contributed by atoms with E-state index >= 15 is 0 Å². The lowest BCUT2D eigenvalue weighted by molar-refractivity contribution is -0.129. The molecule has 5 nitrogen and oxygen atoms in total. The summed E-state index contributed by atoms with van der Waals surface area (Å²) in [7, 11) is 0. The van der Waals surface area contributed by atoms with Gasteiger partial charge in [0.25, 0.3) is 5.56 Å². The van der Waals surface area contributed by atoms with Crippen LogP contribution in [0.3, 0.4) is 0 Å². The summed E-state index contributed by atoms with van der Waals surface area (Å²) in [4.78, 5) is 16.7. The van der Waals surface area contributed by atoms with Crippen molar-refractivity contribution in [2.45, 2.75) is 32.4 Å². The molecule has 0 aliphatic heterocycles. The zero-order valence-electron chi connectivity index (χ0n) is 15.4. The first-order valence-electron chi connectivity index (χ1n) is 9.01. The van der Waals surface area contributed by atoms with Gasteiger partial charge in [-0.3, -0.25) is 4.79 Å². The Labute approximate surface area is 169 Å². The summed E-state index contributed by atoms with van der Waals surface area (Å²) in [5.41, 5.74) is 5.91. The van der Waals surface area contributed by atoms with Gasteiger partial charge < -0.3 is 15.0 Å². The van der Waals surface area contributed by atoms with Gasteiger partial charge in [0.15, 0.2) is 0 Å². The number of pyridine rings is 2. The summed E-state index contributed by atoms with van der Waals surface area (Å²) < 4.78 is 44.1. The molecule has 0 atom stereocenters. The molecule has 0 spiro atoms. The van der Waals surface area contributed by atoms with Crippen LogP contribution in [0.25, 0.3) is 22.0 Å². The highest BCUT2D eigenvalue weighted by atomic mass is 35.5. The molecule has 2 heterocycles. The molecule has 0 saturated heterocycles. The van der Waals surface area contributed by atoms with E-state index in [1.807, 2.05) is 0 Å². The Balaban J connectivity index is 1.78. The van der Waals surface area contributed by atoms with Crippen LogP contribution in [0.4, 0.5) is 19.0 Å². The second kappa shape index (κ2) is 9.28. The highest BCUT2D eigenvalue weighted by Crippen LogP contribution is 2.28. The van der Waals surface area contributed by atoms with Crippen LogP contribution in [0, 0.1) is 5.82 Å². The Bertz CT molecular complexity index is 1070. The number of alkyl halides is 2. The van der Waals surface area contributed by atoms with Gasteiger partial charge in [-0.2, -0.15) is 8.78 Å². The fraction of sp³-hybridized carbons (Fsp3) is 0.300. The van der Waals surface area contributed by atoms with E-state index < -0.39 is 12.4 Å². The fourth-order valence-electron chi connectivity index (χ4n) is 3.02. The quantitative estimate of drug-likeness (QED) is 0.524. The number of nitrogen functional groups attached to an aromatic ring is 1. The highest BCUT2D eigenvalue weighted by molar-refractivity contribution is 6.32. The second-order valence-corrected chi connectivity index (χ2v) is 6.90. The number of ether oxygens (including phenoxy) is 1. The second-order valence-electron chi connectivity index (χ2n) is 6.49. The number of aromatic nitrogens is 2. The average molecular weight is 426 g/mol. The number of anilines is 1. The van der Waals surface area contributed by atoms with E-state index in [0.717, 1.165) is 0 Å². The van der Waals surface area contributed by atoms with Crippen molar-refractivity contribution in [3.63, 3.8) is 0 Å². The van der Waals surface area contributed by atoms with Gasteiger partial charge in [0, 0.05) is 18.3 Å². The van der Waals surface area contributed by atoms with Gasteiger partial charge in [-0.15, -0.1) is 0 Å².